The molecule has 5 N–H and O–H groups in total. The van der Waals surface area contributed by atoms with Crippen molar-refractivity contribution in [1.29, 1.82) is 0 Å². The summed E-state index contributed by atoms with van der Waals surface area (Å²) in [5.41, 5.74) is 14.1. The third kappa shape index (κ3) is 4.55. The highest BCUT2D eigenvalue weighted by atomic mass is 16.5. The zero-order chi connectivity index (χ0) is 23.5. The van der Waals surface area contributed by atoms with Gasteiger partial charge in [-0.05, 0) is 36.2 Å². The number of phenolic OH excluding ortho intramolecular Hbond substituents is 1. The summed E-state index contributed by atoms with van der Waals surface area (Å²) in [6, 6.07) is 18.2. The molecule has 0 amide bonds. The van der Waals surface area contributed by atoms with Crippen LogP contribution in [-0.4, -0.2) is 10.9 Å². The van der Waals surface area contributed by atoms with Gasteiger partial charge in [-0.3, -0.25) is 4.79 Å². The fraction of sp³-hybridized carbons (Fsp3) is 0.148. The summed E-state index contributed by atoms with van der Waals surface area (Å²) in [7, 11) is 0. The molecule has 33 heavy (non-hydrogen) atoms. The average molecular weight is 443 g/mol. The number of furan rings is 1. The van der Waals surface area contributed by atoms with Crippen LogP contribution in [0.4, 0.5) is 11.4 Å². The first-order valence-electron chi connectivity index (χ1n) is 10.7. The molecule has 0 aliphatic carbocycles. The molecule has 1 aromatic heterocycles. The molecule has 4 aromatic rings. The molecule has 0 radical (unpaired) electrons. The topological polar surface area (TPSA) is 112 Å². The van der Waals surface area contributed by atoms with E-state index in [1.54, 1.807) is 12.1 Å². The van der Waals surface area contributed by atoms with Crippen LogP contribution >= 0.6 is 0 Å². The molecular formula is C27H26N2O4. The zero-order valence-electron chi connectivity index (χ0n) is 18.4. The van der Waals surface area contributed by atoms with Crippen molar-refractivity contribution < 1.29 is 19.1 Å². The summed E-state index contributed by atoms with van der Waals surface area (Å²) < 4.78 is 12.0. The lowest BCUT2D eigenvalue weighted by Crippen LogP contribution is -2.06. The number of rotatable bonds is 8. The van der Waals surface area contributed by atoms with E-state index in [9.17, 15) is 9.90 Å². The van der Waals surface area contributed by atoms with Crippen molar-refractivity contribution in [2.75, 3.05) is 11.5 Å². The minimum Gasteiger partial charge on any atom is -0.504 e. The van der Waals surface area contributed by atoms with Crippen LogP contribution in [0.2, 0.25) is 0 Å². The molecule has 0 atom stereocenters. The monoisotopic (exact) mass is 442 g/mol. The minimum absolute atomic E-state index is 0.0517. The first-order chi connectivity index (χ1) is 15.9. The van der Waals surface area contributed by atoms with Crippen molar-refractivity contribution in [3.8, 4) is 11.5 Å². The molecule has 6 heteroatoms. The standard InChI is InChI=1S/C27H26N2O4/c1-3-7-23-25(26(30)18-13-21(28)27(31)22(29)14-18)20-11-10-19(15-24(20)33-23)32-16(2)12-17-8-5-4-6-9-17/h4-6,8-11,13-15,31H,2-3,7,12,28-29H2,1H3. The Kier molecular flexibility index (Phi) is 6.09. The number of aromatic hydroxyl groups is 1. The maximum atomic E-state index is 13.4. The van der Waals surface area contributed by atoms with E-state index in [-0.39, 0.29) is 22.9 Å². The normalized spacial score (nSPS) is 10.9. The van der Waals surface area contributed by atoms with Gasteiger partial charge in [-0.25, -0.2) is 0 Å². The predicted octanol–water partition coefficient (Wildman–Crippen LogP) is 5.62. The molecule has 1 heterocycles. The number of fused-ring (bicyclic) bond motifs is 1. The van der Waals surface area contributed by atoms with Crippen molar-refractivity contribution in [2.45, 2.75) is 26.2 Å². The van der Waals surface area contributed by atoms with E-state index in [0.717, 1.165) is 12.0 Å². The number of ether oxygens (including phenoxy) is 1. The molecule has 0 spiro atoms. The van der Waals surface area contributed by atoms with Gasteiger partial charge in [-0.15, -0.1) is 0 Å². The Morgan fingerprint density at radius 3 is 2.42 bits per heavy atom. The largest absolute Gasteiger partial charge is 0.504 e. The molecule has 3 aromatic carbocycles. The van der Waals surface area contributed by atoms with Crippen LogP contribution in [0.15, 0.2) is 77.4 Å². The second-order valence-electron chi connectivity index (χ2n) is 7.94. The van der Waals surface area contributed by atoms with Crippen LogP contribution in [0, 0.1) is 0 Å². The Hall–Kier alpha value is -4.19. The van der Waals surface area contributed by atoms with Crippen molar-refractivity contribution in [2.24, 2.45) is 0 Å². The fourth-order valence-electron chi connectivity index (χ4n) is 3.82. The van der Waals surface area contributed by atoms with Crippen LogP contribution in [0.3, 0.4) is 0 Å². The summed E-state index contributed by atoms with van der Waals surface area (Å²) >= 11 is 0. The highest BCUT2D eigenvalue weighted by Gasteiger charge is 2.23. The van der Waals surface area contributed by atoms with E-state index < -0.39 is 0 Å². The van der Waals surface area contributed by atoms with Gasteiger partial charge in [0.2, 0.25) is 0 Å². The van der Waals surface area contributed by atoms with Crippen molar-refractivity contribution >= 4 is 28.1 Å². The van der Waals surface area contributed by atoms with Gasteiger partial charge in [-0.2, -0.15) is 0 Å². The fourth-order valence-corrected chi connectivity index (χ4v) is 3.82. The van der Waals surface area contributed by atoms with Gasteiger partial charge in [0.25, 0.3) is 0 Å². The third-order valence-corrected chi connectivity index (χ3v) is 5.38. The van der Waals surface area contributed by atoms with Crippen LogP contribution in [0.25, 0.3) is 11.0 Å². The number of carbonyl (C=O) groups is 1. The molecule has 0 aliphatic heterocycles. The number of anilines is 2. The molecule has 0 bridgehead atoms. The second kappa shape index (κ2) is 9.12. The molecule has 168 valence electrons. The highest BCUT2D eigenvalue weighted by molar-refractivity contribution is 6.17. The van der Waals surface area contributed by atoms with Crippen molar-refractivity contribution in [3.05, 3.63) is 95.5 Å². The maximum Gasteiger partial charge on any atom is 0.197 e. The summed E-state index contributed by atoms with van der Waals surface area (Å²) in [5.74, 6) is 1.28. The number of benzene rings is 3. The molecule has 4 rings (SSSR count). The second-order valence-corrected chi connectivity index (χ2v) is 7.94. The van der Waals surface area contributed by atoms with Crippen LogP contribution in [0.5, 0.6) is 11.5 Å². The van der Waals surface area contributed by atoms with Crippen molar-refractivity contribution in [3.63, 3.8) is 0 Å². The predicted molar refractivity (Wildman–Crippen MR) is 130 cm³/mol. The molecule has 0 saturated heterocycles. The Bertz CT molecular complexity index is 1320. The van der Waals surface area contributed by atoms with Gasteiger partial charge in [0.05, 0.1) is 16.9 Å². The summed E-state index contributed by atoms with van der Waals surface area (Å²) in [6.07, 6.45) is 1.98. The average Bonchev–Trinajstić information content (AvgIpc) is 3.14. The highest BCUT2D eigenvalue weighted by Crippen LogP contribution is 2.35. The molecule has 6 nitrogen and oxygen atoms in total. The Labute approximate surface area is 192 Å². The molecule has 0 unspecified atom stereocenters. The van der Waals surface area contributed by atoms with E-state index in [1.807, 2.05) is 43.3 Å². The van der Waals surface area contributed by atoms with Gasteiger partial charge >= 0.3 is 0 Å². The van der Waals surface area contributed by atoms with Gasteiger partial charge in [0, 0.05) is 29.9 Å². The first kappa shape index (κ1) is 22.0. The van der Waals surface area contributed by atoms with E-state index in [2.05, 4.69) is 6.58 Å². The number of nitrogens with two attached hydrogens (primary N) is 2. The quantitative estimate of drug-likeness (QED) is 0.141. The minimum atomic E-state index is -0.266. The van der Waals surface area contributed by atoms with E-state index in [4.69, 9.17) is 20.6 Å². The summed E-state index contributed by atoms with van der Waals surface area (Å²) in [5, 5.41) is 10.5. The maximum absolute atomic E-state index is 13.4. The van der Waals surface area contributed by atoms with Gasteiger partial charge < -0.3 is 25.7 Å². The number of allylic oxidation sites excluding steroid dienone is 1. The Balaban J connectivity index is 1.67. The van der Waals surface area contributed by atoms with Crippen LogP contribution in [0.1, 0.15) is 40.6 Å². The number of ketones is 1. The molecular weight excluding hydrogens is 416 g/mol. The van der Waals surface area contributed by atoms with Gasteiger partial charge in [-0.1, -0.05) is 43.8 Å². The van der Waals surface area contributed by atoms with Crippen LogP contribution < -0.4 is 16.2 Å². The number of hydrogen-bond acceptors (Lipinski definition) is 6. The van der Waals surface area contributed by atoms with E-state index in [0.29, 0.717) is 52.2 Å². The number of hydrogen-bond donors (Lipinski definition) is 3. The lowest BCUT2D eigenvalue weighted by Gasteiger charge is -2.09. The number of nitrogen functional groups attached to an aromatic ring is 2. The van der Waals surface area contributed by atoms with Gasteiger partial charge in [0.1, 0.15) is 22.9 Å². The zero-order valence-corrected chi connectivity index (χ0v) is 18.4. The number of phenols is 1. The van der Waals surface area contributed by atoms with E-state index in [1.165, 1.54) is 12.1 Å². The Morgan fingerprint density at radius 2 is 1.76 bits per heavy atom. The lowest BCUT2D eigenvalue weighted by molar-refractivity contribution is 0.103. The smallest absolute Gasteiger partial charge is 0.197 e. The molecule has 0 aliphatic rings. The number of aryl methyl sites for hydroxylation is 1. The van der Waals surface area contributed by atoms with E-state index >= 15 is 0 Å². The summed E-state index contributed by atoms with van der Waals surface area (Å²) in [6.45, 7) is 6.03. The van der Waals surface area contributed by atoms with Crippen LogP contribution in [-0.2, 0) is 12.8 Å². The summed E-state index contributed by atoms with van der Waals surface area (Å²) in [4.78, 5) is 13.4. The SMILES string of the molecule is C=C(Cc1ccccc1)Oc1ccc2c(C(=O)c3cc(N)c(O)c(N)c3)c(CCC)oc2c1. The van der Waals surface area contributed by atoms with Gasteiger partial charge in [0.15, 0.2) is 11.5 Å². The lowest BCUT2D eigenvalue weighted by atomic mass is 9.97. The molecule has 0 saturated carbocycles. The molecule has 0 fully saturated rings. The first-order valence-corrected chi connectivity index (χ1v) is 10.7. The van der Waals surface area contributed by atoms with Crippen molar-refractivity contribution in [1.82, 2.24) is 0 Å². The number of carbonyl (C=O) groups excluding carboxylic acids is 1. The Morgan fingerprint density at radius 1 is 1.06 bits per heavy atom. The third-order valence-electron chi connectivity index (χ3n) is 5.38.